The van der Waals surface area contributed by atoms with E-state index >= 15 is 0 Å². The first kappa shape index (κ1) is 12.0. The van der Waals surface area contributed by atoms with Crippen molar-refractivity contribution in [3.8, 4) is 0 Å². The van der Waals surface area contributed by atoms with E-state index in [2.05, 4.69) is 0 Å². The normalized spacial score (nSPS) is 16.9. The van der Waals surface area contributed by atoms with Gasteiger partial charge in [0.1, 0.15) is 0 Å². The van der Waals surface area contributed by atoms with Gasteiger partial charge in [0.25, 0.3) is 5.92 Å². The Balaban J connectivity index is 2.41. The largest absolute Gasteiger partial charge is 0.481 e. The summed E-state index contributed by atoms with van der Waals surface area (Å²) in [6, 6.07) is 3.44. The lowest BCUT2D eigenvalue weighted by molar-refractivity contribution is -0.137. The molecule has 2 rings (SSSR count). The maximum Gasteiger partial charge on any atom is 0.303 e. The highest BCUT2D eigenvalue weighted by Gasteiger charge is 2.41. The van der Waals surface area contributed by atoms with Gasteiger partial charge in [-0.3, -0.25) is 4.79 Å². The molecule has 0 spiro atoms. The average Bonchev–Trinajstić information content (AvgIpc) is 2.55. The summed E-state index contributed by atoms with van der Waals surface area (Å²) >= 11 is 0. The molecular weight excluding hydrogens is 226 g/mol. The van der Waals surface area contributed by atoms with Crippen LogP contribution in [0.25, 0.3) is 0 Å². The van der Waals surface area contributed by atoms with Crippen molar-refractivity contribution in [2.75, 3.05) is 0 Å². The quantitative estimate of drug-likeness (QED) is 0.881. The maximum absolute atomic E-state index is 13.8. The number of benzene rings is 1. The SMILES string of the molecule is Cc1ccc(CCC(=O)O)c2c1CCC2(F)F. The Morgan fingerprint density at radius 3 is 2.82 bits per heavy atom. The van der Waals surface area contributed by atoms with Crippen LogP contribution in [0.2, 0.25) is 0 Å². The van der Waals surface area contributed by atoms with Crippen LogP contribution in [0.15, 0.2) is 12.1 Å². The van der Waals surface area contributed by atoms with Crippen molar-refractivity contribution >= 4 is 5.97 Å². The molecule has 17 heavy (non-hydrogen) atoms. The Kier molecular flexibility index (Phi) is 2.89. The summed E-state index contributed by atoms with van der Waals surface area (Å²) in [4.78, 5) is 10.5. The molecule has 0 aromatic heterocycles. The third-order valence-corrected chi connectivity index (χ3v) is 3.30. The van der Waals surface area contributed by atoms with Gasteiger partial charge >= 0.3 is 5.97 Å². The lowest BCUT2D eigenvalue weighted by atomic mass is 9.95. The van der Waals surface area contributed by atoms with E-state index in [0.717, 1.165) is 5.56 Å². The molecule has 0 fully saturated rings. The molecule has 0 amide bonds. The summed E-state index contributed by atoms with van der Waals surface area (Å²) in [6.07, 6.45) is 0.293. The standard InChI is InChI=1S/C13H14F2O2/c1-8-2-3-9(4-5-11(16)17)12-10(8)6-7-13(12,14)15/h2-3H,4-7H2,1H3,(H,16,17). The van der Waals surface area contributed by atoms with Crippen LogP contribution in [-0.2, 0) is 23.6 Å². The topological polar surface area (TPSA) is 37.3 Å². The second-order valence-corrected chi connectivity index (χ2v) is 4.49. The number of carboxylic acid groups (broad SMARTS) is 1. The van der Waals surface area contributed by atoms with E-state index in [9.17, 15) is 13.6 Å². The maximum atomic E-state index is 13.8. The third-order valence-electron chi connectivity index (χ3n) is 3.30. The molecule has 0 saturated heterocycles. The van der Waals surface area contributed by atoms with Crippen molar-refractivity contribution in [1.29, 1.82) is 0 Å². The van der Waals surface area contributed by atoms with E-state index < -0.39 is 11.9 Å². The first-order valence-corrected chi connectivity index (χ1v) is 5.63. The monoisotopic (exact) mass is 240 g/mol. The molecule has 0 heterocycles. The molecule has 0 radical (unpaired) electrons. The predicted molar refractivity (Wildman–Crippen MR) is 59.4 cm³/mol. The van der Waals surface area contributed by atoms with Crippen LogP contribution >= 0.6 is 0 Å². The van der Waals surface area contributed by atoms with Crippen molar-refractivity contribution in [1.82, 2.24) is 0 Å². The van der Waals surface area contributed by atoms with Gasteiger partial charge in [0.15, 0.2) is 0 Å². The van der Waals surface area contributed by atoms with E-state index in [1.54, 1.807) is 12.1 Å². The van der Waals surface area contributed by atoms with Crippen LogP contribution in [0.1, 0.15) is 35.1 Å². The molecule has 1 aliphatic carbocycles. The predicted octanol–water partition coefficient (Wildman–Crippen LogP) is 3.05. The summed E-state index contributed by atoms with van der Waals surface area (Å²) in [6.45, 7) is 1.82. The molecule has 0 aliphatic heterocycles. The number of carboxylic acids is 1. The molecule has 92 valence electrons. The van der Waals surface area contributed by atoms with Gasteiger partial charge in [0.05, 0.1) is 0 Å². The van der Waals surface area contributed by atoms with Crippen LogP contribution < -0.4 is 0 Å². The van der Waals surface area contributed by atoms with Crippen molar-refractivity contribution < 1.29 is 18.7 Å². The van der Waals surface area contributed by atoms with Gasteiger partial charge in [0.2, 0.25) is 0 Å². The van der Waals surface area contributed by atoms with E-state index in [-0.39, 0.29) is 24.8 Å². The Bertz CT molecular complexity index is 467. The van der Waals surface area contributed by atoms with E-state index in [0.29, 0.717) is 17.5 Å². The number of hydrogen-bond donors (Lipinski definition) is 1. The Morgan fingerprint density at radius 2 is 2.18 bits per heavy atom. The fourth-order valence-electron chi connectivity index (χ4n) is 2.44. The summed E-state index contributed by atoms with van der Waals surface area (Å²) < 4.78 is 27.5. The van der Waals surface area contributed by atoms with Gasteiger partial charge in [-0.25, -0.2) is 8.78 Å². The highest BCUT2D eigenvalue weighted by molar-refractivity contribution is 5.67. The van der Waals surface area contributed by atoms with Gasteiger partial charge in [-0.1, -0.05) is 12.1 Å². The minimum atomic E-state index is -2.80. The van der Waals surface area contributed by atoms with Crippen molar-refractivity contribution in [3.63, 3.8) is 0 Å². The number of fused-ring (bicyclic) bond motifs is 1. The Hall–Kier alpha value is -1.45. The zero-order chi connectivity index (χ0) is 12.6. The van der Waals surface area contributed by atoms with Gasteiger partial charge in [0, 0.05) is 18.4 Å². The molecule has 1 aliphatic rings. The van der Waals surface area contributed by atoms with Gasteiger partial charge < -0.3 is 5.11 Å². The summed E-state index contributed by atoms with van der Waals surface area (Å²) in [5.74, 6) is -3.75. The molecule has 1 aromatic rings. The summed E-state index contributed by atoms with van der Waals surface area (Å²) in [5.41, 5.74) is 2.14. The van der Waals surface area contributed by atoms with E-state index in [4.69, 9.17) is 5.11 Å². The third kappa shape index (κ3) is 2.16. The highest BCUT2D eigenvalue weighted by atomic mass is 19.3. The van der Waals surface area contributed by atoms with Crippen LogP contribution in [0.3, 0.4) is 0 Å². The fraction of sp³-hybridized carbons (Fsp3) is 0.462. The molecule has 4 heteroatoms. The number of alkyl halides is 2. The smallest absolute Gasteiger partial charge is 0.303 e. The molecule has 0 saturated carbocycles. The number of hydrogen-bond acceptors (Lipinski definition) is 1. The fourth-order valence-corrected chi connectivity index (χ4v) is 2.44. The van der Waals surface area contributed by atoms with Crippen LogP contribution in [0.4, 0.5) is 8.78 Å². The zero-order valence-corrected chi connectivity index (χ0v) is 9.59. The molecule has 1 aromatic carbocycles. The summed E-state index contributed by atoms with van der Waals surface area (Å²) in [5, 5.41) is 8.62. The number of carbonyl (C=O) groups is 1. The van der Waals surface area contributed by atoms with Gasteiger partial charge in [-0.05, 0) is 36.5 Å². The molecular formula is C13H14F2O2. The molecule has 0 bridgehead atoms. The number of aliphatic carboxylic acids is 1. The minimum absolute atomic E-state index is 0.0822. The zero-order valence-electron chi connectivity index (χ0n) is 9.59. The molecule has 1 N–H and O–H groups in total. The highest BCUT2D eigenvalue weighted by Crippen LogP contribution is 2.44. The Labute approximate surface area is 98.3 Å². The van der Waals surface area contributed by atoms with E-state index in [1.807, 2.05) is 6.92 Å². The van der Waals surface area contributed by atoms with Crippen molar-refractivity contribution in [2.45, 2.75) is 38.5 Å². The minimum Gasteiger partial charge on any atom is -0.481 e. The van der Waals surface area contributed by atoms with E-state index in [1.165, 1.54) is 0 Å². The van der Waals surface area contributed by atoms with Crippen LogP contribution in [-0.4, -0.2) is 11.1 Å². The number of halogens is 2. The van der Waals surface area contributed by atoms with Crippen molar-refractivity contribution in [3.05, 3.63) is 34.4 Å². The first-order chi connectivity index (χ1) is 7.92. The summed E-state index contributed by atoms with van der Waals surface area (Å²) in [7, 11) is 0. The Morgan fingerprint density at radius 1 is 1.47 bits per heavy atom. The number of rotatable bonds is 3. The molecule has 0 unspecified atom stereocenters. The first-order valence-electron chi connectivity index (χ1n) is 5.63. The van der Waals surface area contributed by atoms with Crippen LogP contribution in [0.5, 0.6) is 0 Å². The van der Waals surface area contributed by atoms with Gasteiger partial charge in [-0.15, -0.1) is 0 Å². The average molecular weight is 240 g/mol. The second kappa shape index (κ2) is 4.09. The molecule has 0 atom stereocenters. The van der Waals surface area contributed by atoms with Gasteiger partial charge in [-0.2, -0.15) is 0 Å². The lowest BCUT2D eigenvalue weighted by Gasteiger charge is -2.16. The lowest BCUT2D eigenvalue weighted by Crippen LogP contribution is -2.12. The van der Waals surface area contributed by atoms with Crippen molar-refractivity contribution in [2.24, 2.45) is 0 Å². The number of aryl methyl sites for hydroxylation is 2. The molecule has 2 nitrogen and oxygen atoms in total. The second-order valence-electron chi connectivity index (χ2n) is 4.49. The van der Waals surface area contributed by atoms with Crippen LogP contribution in [0, 0.1) is 6.92 Å².